The Balaban J connectivity index is 1.17. The molecule has 8 heteroatoms. The van der Waals surface area contributed by atoms with Crippen molar-refractivity contribution < 1.29 is 19.1 Å². The van der Waals surface area contributed by atoms with E-state index in [9.17, 15) is 9.59 Å². The molecule has 6 rings (SSSR count). The zero-order chi connectivity index (χ0) is 21.7. The second-order valence-corrected chi connectivity index (χ2v) is 9.30. The van der Waals surface area contributed by atoms with Gasteiger partial charge in [-0.25, -0.2) is 4.98 Å². The quantitative estimate of drug-likeness (QED) is 0.662. The molecule has 32 heavy (non-hydrogen) atoms. The number of aromatic nitrogens is 1. The number of carbonyl (C=O) groups excluding carboxylic acids is 2. The molecular formula is C24H21N3O4S. The van der Waals surface area contributed by atoms with Crippen LogP contribution in [0.4, 0.5) is 5.13 Å². The van der Waals surface area contributed by atoms with Crippen molar-refractivity contribution in [3.63, 3.8) is 0 Å². The van der Waals surface area contributed by atoms with Gasteiger partial charge in [0.25, 0.3) is 5.91 Å². The van der Waals surface area contributed by atoms with E-state index in [0.717, 1.165) is 36.4 Å². The second kappa shape index (κ2) is 7.63. The van der Waals surface area contributed by atoms with Gasteiger partial charge in [0.2, 0.25) is 12.7 Å². The summed E-state index contributed by atoms with van der Waals surface area (Å²) in [6.45, 7) is 1.55. The molecule has 1 N–H and O–H groups in total. The molecule has 0 fully saturated rings. The zero-order valence-corrected chi connectivity index (χ0v) is 18.1. The molecule has 0 radical (unpaired) electrons. The van der Waals surface area contributed by atoms with Gasteiger partial charge in [-0.15, -0.1) is 11.3 Å². The highest BCUT2D eigenvalue weighted by Gasteiger charge is 2.36. The zero-order valence-electron chi connectivity index (χ0n) is 17.3. The van der Waals surface area contributed by atoms with Gasteiger partial charge in [-0.1, -0.05) is 24.3 Å². The number of benzene rings is 2. The van der Waals surface area contributed by atoms with Crippen LogP contribution >= 0.6 is 11.3 Å². The van der Waals surface area contributed by atoms with Crippen molar-refractivity contribution in [3.8, 4) is 11.5 Å². The predicted octanol–water partition coefficient (Wildman–Crippen LogP) is 3.74. The summed E-state index contributed by atoms with van der Waals surface area (Å²) in [5.41, 5.74) is 3.84. The van der Waals surface area contributed by atoms with Gasteiger partial charge in [-0.2, -0.15) is 0 Å². The van der Waals surface area contributed by atoms with Crippen LogP contribution in [0.3, 0.4) is 0 Å². The fourth-order valence-electron chi connectivity index (χ4n) is 4.63. The van der Waals surface area contributed by atoms with Gasteiger partial charge in [0.05, 0.1) is 11.6 Å². The molecule has 1 aliphatic carbocycles. The summed E-state index contributed by atoms with van der Waals surface area (Å²) in [5.74, 6) is 0.843. The Morgan fingerprint density at radius 3 is 2.81 bits per heavy atom. The van der Waals surface area contributed by atoms with Gasteiger partial charge in [0.15, 0.2) is 16.6 Å². The largest absolute Gasteiger partial charge is 0.454 e. The number of thiazole rings is 1. The lowest BCUT2D eigenvalue weighted by atomic mass is 9.97. The molecule has 1 atom stereocenters. The Morgan fingerprint density at radius 2 is 1.91 bits per heavy atom. The van der Waals surface area contributed by atoms with Gasteiger partial charge in [0, 0.05) is 23.5 Å². The number of nitrogens with one attached hydrogen (secondary N) is 1. The van der Waals surface area contributed by atoms with E-state index in [0.29, 0.717) is 28.7 Å². The number of nitrogens with zero attached hydrogens (tertiary/aromatic N) is 2. The van der Waals surface area contributed by atoms with Crippen LogP contribution in [0.2, 0.25) is 0 Å². The van der Waals surface area contributed by atoms with Crippen LogP contribution in [0, 0.1) is 0 Å². The van der Waals surface area contributed by atoms with Crippen LogP contribution < -0.4 is 14.8 Å². The first kappa shape index (κ1) is 19.3. The fourth-order valence-corrected chi connectivity index (χ4v) is 5.67. The summed E-state index contributed by atoms with van der Waals surface area (Å²) >= 11 is 1.46. The van der Waals surface area contributed by atoms with Crippen molar-refractivity contribution in [3.05, 3.63) is 69.7 Å². The number of ether oxygens (including phenoxy) is 2. The third-order valence-corrected chi connectivity index (χ3v) is 7.36. The van der Waals surface area contributed by atoms with Crippen LogP contribution in [0.25, 0.3) is 0 Å². The molecule has 1 aromatic heterocycles. The number of amides is 2. The molecule has 0 saturated carbocycles. The highest BCUT2D eigenvalue weighted by molar-refractivity contribution is 7.16. The topological polar surface area (TPSA) is 80.8 Å². The van der Waals surface area contributed by atoms with Gasteiger partial charge < -0.3 is 14.4 Å². The summed E-state index contributed by atoms with van der Waals surface area (Å²) in [5, 5.41) is 3.41. The van der Waals surface area contributed by atoms with Gasteiger partial charge in [-0.05, 0) is 48.6 Å². The normalized spacial score (nSPS) is 18.2. The Morgan fingerprint density at radius 1 is 1.06 bits per heavy atom. The molecule has 1 unspecified atom stereocenters. The van der Waals surface area contributed by atoms with E-state index in [-0.39, 0.29) is 24.5 Å². The van der Waals surface area contributed by atoms with E-state index in [2.05, 4.69) is 22.4 Å². The van der Waals surface area contributed by atoms with Gasteiger partial charge >= 0.3 is 0 Å². The van der Waals surface area contributed by atoms with E-state index >= 15 is 0 Å². The summed E-state index contributed by atoms with van der Waals surface area (Å²) in [6.07, 6.45) is 2.48. The van der Waals surface area contributed by atoms with Crippen molar-refractivity contribution in [2.75, 3.05) is 18.7 Å². The Kier molecular flexibility index (Phi) is 4.61. The minimum Gasteiger partial charge on any atom is -0.454 e. The first-order chi connectivity index (χ1) is 15.7. The maximum Gasteiger partial charge on any atom is 0.257 e. The average molecular weight is 448 g/mol. The summed E-state index contributed by atoms with van der Waals surface area (Å²) < 4.78 is 10.6. The third kappa shape index (κ3) is 3.31. The molecule has 2 aromatic carbocycles. The highest BCUT2D eigenvalue weighted by atomic mass is 32.1. The molecular weight excluding hydrogens is 426 g/mol. The number of hydrogen-bond donors (Lipinski definition) is 1. The number of aryl methyl sites for hydroxylation is 1. The fraction of sp³-hybridized carbons (Fsp3) is 0.292. The smallest absolute Gasteiger partial charge is 0.257 e. The third-order valence-electron chi connectivity index (χ3n) is 6.31. The van der Waals surface area contributed by atoms with Crippen molar-refractivity contribution >= 4 is 28.3 Å². The lowest BCUT2D eigenvalue weighted by Gasteiger charge is -2.30. The molecule has 2 amide bonds. The van der Waals surface area contributed by atoms with E-state index in [1.54, 1.807) is 18.2 Å². The molecule has 3 aromatic rings. The predicted molar refractivity (Wildman–Crippen MR) is 119 cm³/mol. The second-order valence-electron chi connectivity index (χ2n) is 8.22. The summed E-state index contributed by atoms with van der Waals surface area (Å²) in [6, 6.07) is 13.4. The highest BCUT2D eigenvalue weighted by Crippen LogP contribution is 2.40. The number of fused-ring (bicyclic) bond motifs is 3. The molecule has 0 saturated heterocycles. The molecule has 3 aliphatic rings. The first-order valence-corrected chi connectivity index (χ1v) is 11.5. The number of anilines is 1. The SMILES string of the molecule is O=C(Nc1nc2c(s1)CCC2C(=O)N1CCc2ccccc2C1)c1ccc2c(c1)OCO2. The minimum atomic E-state index is -0.258. The van der Waals surface area contributed by atoms with Crippen molar-refractivity contribution in [2.24, 2.45) is 0 Å². The Labute approximate surface area is 189 Å². The molecule has 0 spiro atoms. The van der Waals surface area contributed by atoms with Crippen LogP contribution in [0.5, 0.6) is 11.5 Å². The van der Waals surface area contributed by atoms with Crippen molar-refractivity contribution in [1.82, 2.24) is 9.88 Å². The van der Waals surface area contributed by atoms with Gasteiger partial charge in [0.1, 0.15) is 0 Å². The molecule has 0 bridgehead atoms. The van der Waals surface area contributed by atoms with E-state index < -0.39 is 0 Å². The lowest BCUT2D eigenvalue weighted by molar-refractivity contribution is -0.133. The van der Waals surface area contributed by atoms with Crippen molar-refractivity contribution in [2.45, 2.75) is 31.7 Å². The van der Waals surface area contributed by atoms with Crippen LogP contribution in [0.1, 0.15) is 44.4 Å². The number of carbonyl (C=O) groups is 2. The monoisotopic (exact) mass is 447 g/mol. The number of hydrogen-bond acceptors (Lipinski definition) is 6. The Hall–Kier alpha value is -3.39. The Bertz CT molecular complexity index is 1240. The first-order valence-electron chi connectivity index (χ1n) is 10.7. The molecule has 3 heterocycles. The van der Waals surface area contributed by atoms with E-state index in [4.69, 9.17) is 9.47 Å². The average Bonchev–Trinajstić information content (AvgIpc) is 3.53. The maximum absolute atomic E-state index is 13.3. The van der Waals surface area contributed by atoms with E-state index in [1.165, 1.54) is 22.5 Å². The van der Waals surface area contributed by atoms with Crippen LogP contribution in [-0.4, -0.2) is 35.0 Å². The molecule has 162 valence electrons. The summed E-state index contributed by atoms with van der Waals surface area (Å²) in [4.78, 5) is 33.7. The van der Waals surface area contributed by atoms with E-state index in [1.807, 2.05) is 17.0 Å². The lowest BCUT2D eigenvalue weighted by Crippen LogP contribution is -2.38. The van der Waals surface area contributed by atoms with Crippen molar-refractivity contribution in [1.29, 1.82) is 0 Å². The summed E-state index contributed by atoms with van der Waals surface area (Å²) in [7, 11) is 0. The number of rotatable bonds is 3. The van der Waals surface area contributed by atoms with Gasteiger partial charge in [-0.3, -0.25) is 14.9 Å². The van der Waals surface area contributed by atoms with Crippen LogP contribution in [-0.2, 0) is 24.2 Å². The molecule has 2 aliphatic heterocycles. The standard InChI is InChI=1S/C24H21N3O4S/c28-22(15-5-7-18-19(11-15)31-13-30-18)26-24-25-21-17(6-8-20(21)32-24)23(29)27-10-9-14-3-1-2-4-16(14)12-27/h1-5,7,11,17H,6,8-10,12-13H2,(H,25,26,28). The minimum absolute atomic E-state index is 0.136. The van der Waals surface area contributed by atoms with Crippen LogP contribution in [0.15, 0.2) is 42.5 Å². The molecule has 7 nitrogen and oxygen atoms in total. The maximum atomic E-state index is 13.3.